The topological polar surface area (TPSA) is 69.4 Å². The number of aromatic nitrogens is 1. The van der Waals surface area contributed by atoms with Crippen LogP contribution in [0.15, 0.2) is 51.7 Å². The molecule has 1 aromatic heterocycles. The minimum Gasteiger partial charge on any atom is -0.426 e. The van der Waals surface area contributed by atoms with Gasteiger partial charge in [-0.15, -0.1) is 0 Å². The summed E-state index contributed by atoms with van der Waals surface area (Å²) in [7, 11) is 0. The van der Waals surface area contributed by atoms with Crippen molar-refractivity contribution < 1.29 is 18.3 Å². The molecule has 0 aliphatic rings. The molecule has 0 bridgehead atoms. The largest absolute Gasteiger partial charge is 0.426 e. The summed E-state index contributed by atoms with van der Waals surface area (Å²) in [5.41, 5.74) is -0.137. The summed E-state index contributed by atoms with van der Waals surface area (Å²) in [5.74, 6) is -0.854. The van der Waals surface area contributed by atoms with Gasteiger partial charge in [-0.1, -0.05) is 12.1 Å². The summed E-state index contributed by atoms with van der Waals surface area (Å²) < 4.78 is 23.5. The fourth-order valence-corrected chi connectivity index (χ4v) is 2.05. The first kappa shape index (κ1) is 13.9. The molecule has 1 heterocycles. The van der Waals surface area contributed by atoms with Gasteiger partial charge in [-0.2, -0.15) is 0 Å². The van der Waals surface area contributed by atoms with Gasteiger partial charge in [0.15, 0.2) is 0 Å². The van der Waals surface area contributed by atoms with Crippen LogP contribution in [0.2, 0.25) is 0 Å². The Labute approximate surface area is 124 Å². The van der Waals surface area contributed by atoms with Crippen molar-refractivity contribution in [3.63, 3.8) is 0 Å². The number of ether oxygens (including phenoxy) is 1. The first-order chi connectivity index (χ1) is 10.5. The fourth-order valence-electron chi connectivity index (χ4n) is 2.05. The Morgan fingerprint density at radius 2 is 2.00 bits per heavy atom. The molecule has 0 saturated carbocycles. The van der Waals surface area contributed by atoms with E-state index >= 15 is 0 Å². The number of fused-ring (bicyclic) bond motifs is 1. The second kappa shape index (κ2) is 5.40. The average molecular weight is 299 g/mol. The number of nitrogens with zero attached hydrogens (tertiary/aromatic N) is 1. The summed E-state index contributed by atoms with van der Waals surface area (Å²) in [6.45, 7) is 1.26. The van der Waals surface area contributed by atoms with Gasteiger partial charge >= 0.3 is 11.6 Å². The van der Waals surface area contributed by atoms with E-state index in [-0.39, 0.29) is 22.5 Å². The Kier molecular flexibility index (Phi) is 3.42. The summed E-state index contributed by atoms with van der Waals surface area (Å²) >= 11 is 0. The van der Waals surface area contributed by atoms with E-state index in [2.05, 4.69) is 4.98 Å². The number of carbonyl (C=O) groups excluding carboxylic acids is 1. The quantitative estimate of drug-likeness (QED) is 0.537. The lowest BCUT2D eigenvalue weighted by atomic mass is 10.2. The number of para-hydroxylation sites is 1. The van der Waals surface area contributed by atoms with Crippen molar-refractivity contribution >= 4 is 16.9 Å². The van der Waals surface area contributed by atoms with Gasteiger partial charge in [0, 0.05) is 13.0 Å². The molecule has 0 radical (unpaired) electrons. The highest BCUT2D eigenvalue weighted by Crippen LogP contribution is 2.28. The van der Waals surface area contributed by atoms with Gasteiger partial charge in [-0.05, 0) is 24.3 Å². The molecule has 3 aromatic rings. The van der Waals surface area contributed by atoms with Crippen molar-refractivity contribution in [2.45, 2.75) is 6.92 Å². The highest BCUT2D eigenvalue weighted by atomic mass is 19.1. The number of hydrogen-bond acceptors (Lipinski definition) is 5. The molecule has 0 amide bonds. The van der Waals surface area contributed by atoms with Crippen molar-refractivity contribution in [1.29, 1.82) is 0 Å². The lowest BCUT2D eigenvalue weighted by Crippen LogP contribution is -2.06. The van der Waals surface area contributed by atoms with Crippen LogP contribution >= 0.6 is 0 Å². The average Bonchev–Trinajstić information content (AvgIpc) is 2.46. The van der Waals surface area contributed by atoms with Crippen LogP contribution in [0.5, 0.6) is 5.75 Å². The van der Waals surface area contributed by atoms with Crippen molar-refractivity contribution in [2.24, 2.45) is 0 Å². The number of halogens is 1. The first-order valence-electron chi connectivity index (χ1n) is 6.43. The zero-order chi connectivity index (χ0) is 15.7. The second-order valence-electron chi connectivity index (χ2n) is 4.56. The maximum atomic E-state index is 13.3. The molecule has 6 heteroatoms. The van der Waals surface area contributed by atoms with Crippen molar-refractivity contribution in [3.05, 3.63) is 58.7 Å². The third-order valence-corrected chi connectivity index (χ3v) is 2.96. The number of rotatable bonds is 2. The molecule has 3 rings (SSSR count). The highest BCUT2D eigenvalue weighted by molar-refractivity contribution is 5.80. The molecular formula is C16H10FNO4. The van der Waals surface area contributed by atoms with E-state index in [9.17, 15) is 14.0 Å². The van der Waals surface area contributed by atoms with Gasteiger partial charge in [-0.3, -0.25) is 4.79 Å². The molecule has 0 atom stereocenters. The molecular weight excluding hydrogens is 289 g/mol. The van der Waals surface area contributed by atoms with E-state index in [1.807, 2.05) is 0 Å². The van der Waals surface area contributed by atoms with Gasteiger partial charge in [-0.25, -0.2) is 14.2 Å². The van der Waals surface area contributed by atoms with E-state index in [4.69, 9.17) is 9.15 Å². The third kappa shape index (κ3) is 2.58. The van der Waals surface area contributed by atoms with E-state index in [1.165, 1.54) is 13.0 Å². The Morgan fingerprint density at radius 1 is 1.23 bits per heavy atom. The monoisotopic (exact) mass is 299 g/mol. The van der Waals surface area contributed by atoms with Gasteiger partial charge in [0.1, 0.15) is 11.6 Å². The number of esters is 1. The predicted octanol–water partition coefficient (Wildman–Crippen LogP) is 2.92. The standard InChI is InChI=1S/C16H10FNO4/c1-9(19)21-14-5-3-2-4-12(14)15-18-13-8-10(17)6-7-11(13)16(20)22-15/h2-8H,1H3. The maximum absolute atomic E-state index is 13.3. The van der Waals surface area contributed by atoms with Crippen LogP contribution in [-0.4, -0.2) is 11.0 Å². The van der Waals surface area contributed by atoms with E-state index in [1.54, 1.807) is 24.3 Å². The fraction of sp³-hybridized carbons (Fsp3) is 0.0625. The van der Waals surface area contributed by atoms with Crippen LogP contribution in [0.25, 0.3) is 22.4 Å². The Bertz CT molecular complexity index is 933. The summed E-state index contributed by atoms with van der Waals surface area (Å²) in [6.07, 6.45) is 0. The summed E-state index contributed by atoms with van der Waals surface area (Å²) in [6, 6.07) is 10.1. The molecule has 110 valence electrons. The molecule has 5 nitrogen and oxygen atoms in total. The minimum absolute atomic E-state index is 0.0417. The Balaban J connectivity index is 2.23. The maximum Gasteiger partial charge on any atom is 0.347 e. The van der Waals surface area contributed by atoms with Crippen molar-refractivity contribution in [3.8, 4) is 17.2 Å². The lowest BCUT2D eigenvalue weighted by molar-refractivity contribution is -0.131. The molecule has 0 spiro atoms. The number of carbonyl (C=O) groups is 1. The molecule has 0 saturated heterocycles. The normalized spacial score (nSPS) is 10.6. The molecule has 2 aromatic carbocycles. The molecule has 0 unspecified atom stereocenters. The van der Waals surface area contributed by atoms with Crippen LogP contribution in [0, 0.1) is 5.82 Å². The molecule has 0 fully saturated rings. The van der Waals surface area contributed by atoms with Crippen LogP contribution in [0.3, 0.4) is 0 Å². The Morgan fingerprint density at radius 3 is 2.77 bits per heavy atom. The molecule has 22 heavy (non-hydrogen) atoms. The smallest absolute Gasteiger partial charge is 0.347 e. The zero-order valence-corrected chi connectivity index (χ0v) is 11.5. The number of benzene rings is 2. The van der Waals surface area contributed by atoms with Crippen LogP contribution in [0.1, 0.15) is 6.92 Å². The van der Waals surface area contributed by atoms with E-state index < -0.39 is 17.4 Å². The predicted molar refractivity (Wildman–Crippen MR) is 77.0 cm³/mol. The summed E-state index contributed by atoms with van der Waals surface area (Å²) in [4.78, 5) is 27.3. The van der Waals surface area contributed by atoms with Crippen LogP contribution < -0.4 is 10.4 Å². The molecule has 0 aliphatic heterocycles. The van der Waals surface area contributed by atoms with E-state index in [0.717, 1.165) is 12.1 Å². The third-order valence-electron chi connectivity index (χ3n) is 2.96. The lowest BCUT2D eigenvalue weighted by Gasteiger charge is -2.07. The van der Waals surface area contributed by atoms with Crippen LogP contribution in [-0.2, 0) is 4.79 Å². The van der Waals surface area contributed by atoms with Gasteiger partial charge in [0.2, 0.25) is 5.89 Å². The molecule has 0 N–H and O–H groups in total. The highest BCUT2D eigenvalue weighted by Gasteiger charge is 2.14. The molecule has 0 aliphatic carbocycles. The van der Waals surface area contributed by atoms with Crippen molar-refractivity contribution in [2.75, 3.05) is 0 Å². The summed E-state index contributed by atoms with van der Waals surface area (Å²) in [5, 5.41) is 0.176. The minimum atomic E-state index is -0.641. The second-order valence-corrected chi connectivity index (χ2v) is 4.56. The zero-order valence-electron chi connectivity index (χ0n) is 11.5. The first-order valence-corrected chi connectivity index (χ1v) is 6.43. The van der Waals surface area contributed by atoms with Gasteiger partial charge in [0.25, 0.3) is 0 Å². The van der Waals surface area contributed by atoms with Gasteiger partial charge < -0.3 is 9.15 Å². The van der Waals surface area contributed by atoms with Crippen molar-refractivity contribution in [1.82, 2.24) is 4.98 Å². The number of hydrogen-bond donors (Lipinski definition) is 0. The SMILES string of the molecule is CC(=O)Oc1ccccc1-c1nc2cc(F)ccc2c(=O)o1. The van der Waals surface area contributed by atoms with Gasteiger partial charge in [0.05, 0.1) is 16.5 Å². The van der Waals surface area contributed by atoms with E-state index in [0.29, 0.717) is 5.56 Å². The van der Waals surface area contributed by atoms with Crippen LogP contribution in [0.4, 0.5) is 4.39 Å². The Hall–Kier alpha value is -3.02.